The average Bonchev–Trinajstić information content (AvgIpc) is 2.25. The number of carbonyl (C=O) groups is 2. The maximum Gasteiger partial charge on any atom is 0.413 e. The Morgan fingerprint density at radius 1 is 1.07 bits per heavy atom. The molecule has 1 heterocycles. The fraction of sp³-hybridized carbons (Fsp3) is 0.500. The molecule has 1 rings (SSSR count). The topological polar surface area (TPSA) is 135 Å². The number of carbonyl (C=O) groups excluding carboxylic acids is 2. The molecule has 0 aromatic heterocycles. The van der Waals surface area contributed by atoms with Gasteiger partial charge in [-0.25, -0.2) is 0 Å². The highest BCUT2D eigenvalue weighted by Crippen LogP contribution is 2.18. The Labute approximate surface area is 84.8 Å². The van der Waals surface area contributed by atoms with Crippen LogP contribution in [-0.2, 0) is 33.9 Å². The van der Waals surface area contributed by atoms with Gasteiger partial charge in [0.25, 0.3) is 0 Å². The third kappa shape index (κ3) is 2.71. The van der Waals surface area contributed by atoms with Crippen molar-refractivity contribution in [1.29, 1.82) is 0 Å². The normalized spacial score (nSPS) is 18.6. The molecule has 1 fully saturated rings. The van der Waals surface area contributed by atoms with E-state index in [1.807, 2.05) is 0 Å². The predicted molar refractivity (Wildman–Crippen MR) is 42.6 cm³/mol. The predicted octanol–water partition coefficient (Wildman–Crippen LogP) is -1.80. The van der Waals surface area contributed by atoms with E-state index in [4.69, 9.17) is 4.55 Å². The minimum atomic E-state index is -5.30. The second kappa shape index (κ2) is 3.52. The number of amides is 2. The summed E-state index contributed by atoms with van der Waals surface area (Å²) in [4.78, 5) is 21.8. The van der Waals surface area contributed by atoms with Crippen molar-refractivity contribution >= 4 is 32.5 Å². The Bertz CT molecular complexity index is 485. The van der Waals surface area contributed by atoms with Crippen LogP contribution in [0.25, 0.3) is 0 Å². The maximum atomic E-state index is 11.0. The molecule has 86 valence electrons. The first-order chi connectivity index (χ1) is 6.63. The van der Waals surface area contributed by atoms with Gasteiger partial charge in [0, 0.05) is 12.8 Å². The van der Waals surface area contributed by atoms with E-state index < -0.39 is 32.5 Å². The summed E-state index contributed by atoms with van der Waals surface area (Å²) in [5, 5.41) is 0. The van der Waals surface area contributed by atoms with Crippen LogP contribution in [0, 0.1) is 0 Å². The molecule has 15 heavy (non-hydrogen) atoms. The summed E-state index contributed by atoms with van der Waals surface area (Å²) in [5.41, 5.74) is 0. The minimum Gasteiger partial charge on any atom is -0.273 e. The zero-order valence-electron chi connectivity index (χ0n) is 6.98. The van der Waals surface area contributed by atoms with Gasteiger partial charge < -0.3 is 0 Å². The van der Waals surface area contributed by atoms with Crippen LogP contribution in [0.2, 0.25) is 0 Å². The van der Waals surface area contributed by atoms with Crippen LogP contribution in [0.4, 0.5) is 0 Å². The highest BCUT2D eigenvalue weighted by Gasteiger charge is 2.42. The van der Waals surface area contributed by atoms with Crippen LogP contribution in [0.1, 0.15) is 12.8 Å². The lowest BCUT2D eigenvalue weighted by Gasteiger charge is -2.11. The van der Waals surface area contributed by atoms with Crippen LogP contribution < -0.4 is 0 Å². The van der Waals surface area contributed by atoms with Gasteiger partial charge in [-0.2, -0.15) is 16.8 Å². The first-order valence-corrected chi connectivity index (χ1v) is 6.16. The van der Waals surface area contributed by atoms with Crippen molar-refractivity contribution in [3.05, 3.63) is 0 Å². The third-order valence-electron chi connectivity index (χ3n) is 1.40. The van der Waals surface area contributed by atoms with Gasteiger partial charge in [-0.1, -0.05) is 0 Å². The summed E-state index contributed by atoms with van der Waals surface area (Å²) < 4.78 is 53.2. The van der Waals surface area contributed by atoms with Crippen molar-refractivity contribution in [1.82, 2.24) is 4.31 Å². The van der Waals surface area contributed by atoms with E-state index >= 15 is 0 Å². The SMILES string of the molecule is O=C1CCC(=O)N1S(=O)(=O)OS(=O)(=O)O. The summed E-state index contributed by atoms with van der Waals surface area (Å²) >= 11 is 0. The lowest BCUT2D eigenvalue weighted by Crippen LogP contribution is -2.37. The van der Waals surface area contributed by atoms with Crippen molar-refractivity contribution in [2.24, 2.45) is 0 Å². The second-order valence-corrected chi connectivity index (χ2v) is 5.13. The highest BCUT2D eigenvalue weighted by atomic mass is 32.3. The first-order valence-electron chi connectivity index (χ1n) is 3.43. The zero-order chi connectivity index (χ0) is 11.9. The van der Waals surface area contributed by atoms with Gasteiger partial charge in [-0.15, -0.1) is 7.93 Å². The third-order valence-corrected chi connectivity index (χ3v) is 3.63. The van der Waals surface area contributed by atoms with Gasteiger partial charge in [0.2, 0.25) is 11.8 Å². The molecule has 0 unspecified atom stereocenters. The lowest BCUT2D eigenvalue weighted by atomic mass is 10.4. The molecule has 1 aliphatic heterocycles. The van der Waals surface area contributed by atoms with Crippen molar-refractivity contribution < 1.29 is 34.6 Å². The number of rotatable bonds is 3. The molecule has 0 aliphatic carbocycles. The van der Waals surface area contributed by atoms with Crippen LogP contribution in [0.5, 0.6) is 0 Å². The van der Waals surface area contributed by atoms with Crippen molar-refractivity contribution in [3.8, 4) is 0 Å². The van der Waals surface area contributed by atoms with Crippen molar-refractivity contribution in [3.63, 3.8) is 0 Å². The Hall–Kier alpha value is -1.04. The molecule has 0 atom stereocenters. The van der Waals surface area contributed by atoms with E-state index in [1.165, 1.54) is 0 Å². The fourth-order valence-electron chi connectivity index (χ4n) is 0.945. The molecule has 9 nitrogen and oxygen atoms in total. The summed E-state index contributed by atoms with van der Waals surface area (Å²) in [7, 11) is -10.4. The van der Waals surface area contributed by atoms with Crippen molar-refractivity contribution in [2.75, 3.05) is 0 Å². The molecule has 0 radical (unpaired) electrons. The molecule has 1 aliphatic rings. The number of hydrogen-bond donors (Lipinski definition) is 1. The zero-order valence-corrected chi connectivity index (χ0v) is 8.62. The molecular formula is C4H5NO8S2. The standard InChI is InChI=1S/C4H5NO8S2/c6-3-1-2-4(7)5(3)14(8,9)13-15(10,11)12/h1-2H2,(H,10,11,12). The summed E-state index contributed by atoms with van der Waals surface area (Å²) in [6.45, 7) is 0. The van der Waals surface area contributed by atoms with Gasteiger partial charge in [-0.3, -0.25) is 14.1 Å². The van der Waals surface area contributed by atoms with Gasteiger partial charge in [-0.05, 0) is 0 Å². The molecule has 0 aromatic carbocycles. The fourth-order valence-corrected chi connectivity index (χ4v) is 2.74. The summed E-state index contributed by atoms with van der Waals surface area (Å²) in [5.74, 6) is -2.22. The Balaban J connectivity index is 3.07. The largest absolute Gasteiger partial charge is 0.413 e. The van der Waals surface area contributed by atoms with Gasteiger partial charge in [0.15, 0.2) is 0 Å². The number of hydrogen-bond acceptors (Lipinski definition) is 7. The molecule has 1 saturated heterocycles. The van der Waals surface area contributed by atoms with E-state index in [0.717, 1.165) is 0 Å². The Morgan fingerprint density at radius 3 is 1.80 bits per heavy atom. The molecule has 0 spiro atoms. The monoisotopic (exact) mass is 259 g/mol. The van der Waals surface area contributed by atoms with Crippen molar-refractivity contribution in [2.45, 2.75) is 12.8 Å². The van der Waals surface area contributed by atoms with Gasteiger partial charge in [0.05, 0.1) is 0 Å². The molecule has 0 bridgehead atoms. The molecule has 1 N–H and O–H groups in total. The lowest BCUT2D eigenvalue weighted by molar-refractivity contribution is -0.132. The van der Waals surface area contributed by atoms with Gasteiger partial charge in [0.1, 0.15) is 0 Å². The van der Waals surface area contributed by atoms with Crippen LogP contribution in [0.15, 0.2) is 0 Å². The van der Waals surface area contributed by atoms with Crippen LogP contribution in [-0.4, -0.2) is 37.5 Å². The minimum absolute atomic E-state index is 0.333. The summed E-state index contributed by atoms with van der Waals surface area (Å²) in [6, 6.07) is 0. The molecule has 0 aromatic rings. The molecule has 2 amide bonds. The Morgan fingerprint density at radius 2 is 1.47 bits per heavy atom. The molecular weight excluding hydrogens is 254 g/mol. The van der Waals surface area contributed by atoms with Gasteiger partial charge >= 0.3 is 20.7 Å². The van der Waals surface area contributed by atoms with E-state index in [9.17, 15) is 26.4 Å². The van der Waals surface area contributed by atoms with Crippen LogP contribution in [0.3, 0.4) is 0 Å². The van der Waals surface area contributed by atoms with E-state index in [-0.39, 0.29) is 17.1 Å². The smallest absolute Gasteiger partial charge is 0.273 e. The van der Waals surface area contributed by atoms with E-state index in [2.05, 4.69) is 3.63 Å². The maximum absolute atomic E-state index is 11.0. The first kappa shape index (κ1) is 12.0. The van der Waals surface area contributed by atoms with E-state index in [0.29, 0.717) is 0 Å². The second-order valence-electron chi connectivity index (χ2n) is 2.51. The quantitative estimate of drug-likeness (QED) is 0.463. The average molecular weight is 259 g/mol. The molecule has 0 saturated carbocycles. The van der Waals surface area contributed by atoms with Crippen LogP contribution >= 0.6 is 0 Å². The number of nitrogens with zero attached hydrogens (tertiary/aromatic N) is 1. The molecule has 11 heteroatoms. The summed E-state index contributed by atoms with van der Waals surface area (Å²) in [6.07, 6.45) is -0.709. The van der Waals surface area contributed by atoms with E-state index in [1.54, 1.807) is 0 Å². The Kier molecular flexibility index (Phi) is 2.82. The highest BCUT2D eigenvalue weighted by molar-refractivity contribution is 7.96. The number of imide groups is 1.